The Morgan fingerprint density at radius 1 is 1.44 bits per heavy atom. The summed E-state index contributed by atoms with van der Waals surface area (Å²) in [6.07, 6.45) is 2.81. The fourth-order valence-electron chi connectivity index (χ4n) is 1.44. The lowest BCUT2D eigenvalue weighted by molar-refractivity contribution is 0.283. The average Bonchev–Trinajstić information content (AvgIpc) is 2.25. The topological polar surface area (TPSA) is 92.0 Å². The second-order valence-electron chi connectivity index (χ2n) is 3.81. The Kier molecular flexibility index (Phi) is 5.04. The normalized spacial score (nSPS) is 23.2. The van der Waals surface area contributed by atoms with Crippen LogP contribution in [-0.4, -0.2) is 36.2 Å². The van der Waals surface area contributed by atoms with E-state index in [9.17, 15) is 0 Å². The molecule has 0 spiro atoms. The second kappa shape index (κ2) is 6.32. The number of hydrogen-bond donors (Lipinski definition) is 3. The van der Waals surface area contributed by atoms with Gasteiger partial charge in [0.2, 0.25) is 11.9 Å². The summed E-state index contributed by atoms with van der Waals surface area (Å²) in [6, 6.07) is 0. The van der Waals surface area contributed by atoms with Crippen LogP contribution in [0.4, 0.5) is 0 Å². The highest BCUT2D eigenvalue weighted by atomic mass is 15.5. The molecule has 0 aliphatic carbocycles. The molecular weight excluding hydrogens is 204 g/mol. The number of hydrogen-bond acceptors (Lipinski definition) is 4. The standard InChI is InChI=1S/C10H22N6/c1-3-5-7-16-8(11)14-10(13-6-4-2)15-9(16)12/h8H,3-7,11H2,1-2H3,(H3,12,13,14,15). The molecule has 92 valence electrons. The van der Waals surface area contributed by atoms with Crippen molar-refractivity contribution in [1.29, 1.82) is 0 Å². The summed E-state index contributed by atoms with van der Waals surface area (Å²) < 4.78 is 0. The molecule has 6 nitrogen and oxygen atoms in total. The van der Waals surface area contributed by atoms with E-state index in [2.05, 4.69) is 29.1 Å². The van der Waals surface area contributed by atoms with E-state index in [1.54, 1.807) is 0 Å². The van der Waals surface area contributed by atoms with Crippen LogP contribution < -0.4 is 16.8 Å². The summed E-state index contributed by atoms with van der Waals surface area (Å²) in [6.45, 7) is 5.75. The van der Waals surface area contributed by atoms with Gasteiger partial charge >= 0.3 is 0 Å². The number of nitrogens with zero attached hydrogens (tertiary/aromatic N) is 3. The fourth-order valence-corrected chi connectivity index (χ4v) is 1.44. The van der Waals surface area contributed by atoms with Crippen molar-refractivity contribution < 1.29 is 0 Å². The van der Waals surface area contributed by atoms with Crippen LogP contribution in [0, 0.1) is 0 Å². The molecule has 1 atom stereocenters. The molecule has 0 aromatic rings. The van der Waals surface area contributed by atoms with Crippen LogP contribution in [0.25, 0.3) is 0 Å². The van der Waals surface area contributed by atoms with Gasteiger partial charge in [-0.1, -0.05) is 20.3 Å². The minimum absolute atomic E-state index is 0.320. The smallest absolute Gasteiger partial charge is 0.223 e. The number of nitrogens with two attached hydrogens (primary N) is 2. The number of aliphatic imine (C=N–C) groups is 2. The Morgan fingerprint density at radius 2 is 2.19 bits per heavy atom. The molecule has 16 heavy (non-hydrogen) atoms. The molecule has 0 fully saturated rings. The third-order valence-electron chi connectivity index (χ3n) is 2.37. The second-order valence-corrected chi connectivity index (χ2v) is 3.81. The summed E-state index contributed by atoms with van der Waals surface area (Å²) in [5.41, 5.74) is 11.8. The molecule has 5 N–H and O–H groups in total. The quantitative estimate of drug-likeness (QED) is 0.616. The van der Waals surface area contributed by atoms with E-state index in [-0.39, 0.29) is 6.29 Å². The van der Waals surface area contributed by atoms with Crippen LogP contribution in [0.2, 0.25) is 0 Å². The average molecular weight is 226 g/mol. The maximum atomic E-state index is 5.95. The Hall–Kier alpha value is -1.30. The van der Waals surface area contributed by atoms with E-state index in [4.69, 9.17) is 11.5 Å². The van der Waals surface area contributed by atoms with Gasteiger partial charge in [0, 0.05) is 13.1 Å². The van der Waals surface area contributed by atoms with E-state index >= 15 is 0 Å². The van der Waals surface area contributed by atoms with Crippen LogP contribution in [0.5, 0.6) is 0 Å². The molecule has 1 aliphatic heterocycles. The maximum absolute atomic E-state index is 5.95. The van der Waals surface area contributed by atoms with Crippen molar-refractivity contribution in [3.8, 4) is 0 Å². The lowest BCUT2D eigenvalue weighted by atomic mass is 10.3. The van der Waals surface area contributed by atoms with Crippen LogP contribution >= 0.6 is 0 Å². The highest BCUT2D eigenvalue weighted by molar-refractivity contribution is 5.96. The largest absolute Gasteiger partial charge is 0.369 e. The van der Waals surface area contributed by atoms with Gasteiger partial charge in [-0.25, -0.2) is 0 Å². The van der Waals surface area contributed by atoms with Gasteiger partial charge in [0.15, 0.2) is 6.29 Å². The summed E-state index contributed by atoms with van der Waals surface area (Å²) in [7, 11) is 0. The van der Waals surface area contributed by atoms with Gasteiger partial charge in [0.25, 0.3) is 0 Å². The van der Waals surface area contributed by atoms with E-state index in [0.717, 1.165) is 32.4 Å². The minimum Gasteiger partial charge on any atom is -0.369 e. The Morgan fingerprint density at radius 3 is 2.75 bits per heavy atom. The van der Waals surface area contributed by atoms with Crippen LogP contribution in [0.3, 0.4) is 0 Å². The van der Waals surface area contributed by atoms with Crippen LogP contribution in [-0.2, 0) is 0 Å². The zero-order chi connectivity index (χ0) is 12.0. The Labute approximate surface area is 96.8 Å². The van der Waals surface area contributed by atoms with Crippen molar-refractivity contribution in [3.63, 3.8) is 0 Å². The van der Waals surface area contributed by atoms with Gasteiger partial charge in [0.05, 0.1) is 0 Å². The molecule has 1 rings (SSSR count). The molecule has 6 heteroatoms. The van der Waals surface area contributed by atoms with Gasteiger partial charge in [-0.15, -0.1) is 0 Å². The van der Waals surface area contributed by atoms with Gasteiger partial charge < -0.3 is 16.0 Å². The molecule has 0 amide bonds. The first kappa shape index (κ1) is 12.8. The van der Waals surface area contributed by atoms with E-state index in [0.29, 0.717) is 11.9 Å². The highest BCUT2D eigenvalue weighted by Gasteiger charge is 2.22. The number of unbranched alkanes of at least 4 members (excludes halogenated alkanes) is 1. The van der Waals surface area contributed by atoms with Crippen LogP contribution in [0.15, 0.2) is 9.98 Å². The van der Waals surface area contributed by atoms with Gasteiger partial charge in [-0.2, -0.15) is 4.99 Å². The fraction of sp³-hybridized carbons (Fsp3) is 0.800. The summed E-state index contributed by atoms with van der Waals surface area (Å²) in [5.74, 6) is 0.995. The first-order chi connectivity index (χ1) is 7.69. The summed E-state index contributed by atoms with van der Waals surface area (Å²) in [5, 5.41) is 3.03. The molecule has 0 saturated heterocycles. The molecule has 1 unspecified atom stereocenters. The molecular formula is C10H22N6. The van der Waals surface area contributed by atoms with Crippen molar-refractivity contribution in [2.24, 2.45) is 21.5 Å². The lowest BCUT2D eigenvalue weighted by Gasteiger charge is -2.33. The molecule has 0 saturated carbocycles. The van der Waals surface area contributed by atoms with Crippen molar-refractivity contribution in [3.05, 3.63) is 0 Å². The minimum atomic E-state index is -0.320. The monoisotopic (exact) mass is 226 g/mol. The molecule has 0 aromatic heterocycles. The van der Waals surface area contributed by atoms with Crippen molar-refractivity contribution in [2.45, 2.75) is 39.4 Å². The zero-order valence-corrected chi connectivity index (χ0v) is 10.1. The Bertz CT molecular complexity index is 272. The first-order valence-electron chi connectivity index (χ1n) is 5.86. The predicted octanol–water partition coefficient (Wildman–Crippen LogP) is 0.0147. The maximum Gasteiger partial charge on any atom is 0.223 e. The molecule has 1 aliphatic rings. The van der Waals surface area contributed by atoms with Gasteiger partial charge in [-0.05, 0) is 12.8 Å². The lowest BCUT2D eigenvalue weighted by Crippen LogP contribution is -2.61. The van der Waals surface area contributed by atoms with E-state index < -0.39 is 0 Å². The molecule has 0 bridgehead atoms. The predicted molar refractivity (Wildman–Crippen MR) is 66.9 cm³/mol. The molecule has 0 aromatic carbocycles. The first-order valence-corrected chi connectivity index (χ1v) is 5.86. The Balaban J connectivity index is 2.65. The number of nitrogens with one attached hydrogen (secondary N) is 1. The van der Waals surface area contributed by atoms with Gasteiger partial charge in [-0.3, -0.25) is 10.7 Å². The molecule has 0 radical (unpaired) electrons. The highest BCUT2D eigenvalue weighted by Crippen LogP contribution is 2.02. The number of guanidine groups is 2. The van der Waals surface area contributed by atoms with Crippen LogP contribution in [0.1, 0.15) is 33.1 Å². The zero-order valence-electron chi connectivity index (χ0n) is 10.1. The summed E-state index contributed by atoms with van der Waals surface area (Å²) >= 11 is 0. The van der Waals surface area contributed by atoms with Gasteiger partial charge in [0.1, 0.15) is 0 Å². The van der Waals surface area contributed by atoms with Crippen molar-refractivity contribution >= 4 is 11.9 Å². The van der Waals surface area contributed by atoms with E-state index in [1.165, 1.54) is 0 Å². The van der Waals surface area contributed by atoms with Crippen molar-refractivity contribution in [2.75, 3.05) is 13.1 Å². The van der Waals surface area contributed by atoms with E-state index in [1.807, 2.05) is 4.90 Å². The third-order valence-corrected chi connectivity index (χ3v) is 2.37. The summed E-state index contributed by atoms with van der Waals surface area (Å²) in [4.78, 5) is 10.3. The SMILES string of the molecule is CCCCN1C(N)=NC(=NCCC)NC1N. The third kappa shape index (κ3) is 3.37. The molecule has 1 heterocycles. The number of rotatable bonds is 5. The van der Waals surface area contributed by atoms with Crippen molar-refractivity contribution in [1.82, 2.24) is 10.2 Å².